The van der Waals surface area contributed by atoms with Gasteiger partial charge in [-0.1, -0.05) is 20.8 Å². The van der Waals surface area contributed by atoms with Crippen molar-refractivity contribution in [2.24, 2.45) is 5.41 Å². The number of hydrogen-bond donors (Lipinski definition) is 0. The molecule has 2 rings (SSSR count). The van der Waals surface area contributed by atoms with Crippen LogP contribution in [0.15, 0.2) is 12.1 Å². The second-order valence-corrected chi connectivity index (χ2v) is 6.10. The van der Waals surface area contributed by atoms with E-state index >= 15 is 0 Å². The Morgan fingerprint density at radius 3 is 2.47 bits per heavy atom. The van der Waals surface area contributed by atoms with Crippen LogP contribution in [0.1, 0.15) is 39.6 Å². The average Bonchev–Trinajstić information content (AvgIpc) is 2.65. The Morgan fingerprint density at radius 1 is 1.32 bits per heavy atom. The number of imidazole rings is 1. The van der Waals surface area contributed by atoms with Crippen LogP contribution in [0, 0.1) is 17.0 Å². The van der Waals surface area contributed by atoms with Crippen LogP contribution >= 0.6 is 11.6 Å². The molecule has 0 saturated carbocycles. The number of fused-ring (bicyclic) bond motifs is 1. The maximum Gasteiger partial charge on any atom is 0.153 e. The van der Waals surface area contributed by atoms with Gasteiger partial charge in [-0.25, -0.2) is 13.8 Å². The summed E-state index contributed by atoms with van der Waals surface area (Å²) in [6.45, 7) is 8.20. The Balaban J connectivity index is 2.77. The van der Waals surface area contributed by atoms with Crippen LogP contribution < -0.4 is 0 Å². The molecule has 0 aliphatic heterocycles. The van der Waals surface area contributed by atoms with Crippen LogP contribution in [0.5, 0.6) is 0 Å². The lowest BCUT2D eigenvalue weighted by atomic mass is 9.87. The minimum Gasteiger partial charge on any atom is -0.323 e. The number of rotatable bonds is 2. The highest BCUT2D eigenvalue weighted by Crippen LogP contribution is 2.35. The zero-order chi connectivity index (χ0) is 14.4. The SMILES string of the molecule is CC(n1c(CCl)nc2c(F)cc(F)cc21)C(C)(C)C. The topological polar surface area (TPSA) is 17.8 Å². The van der Waals surface area contributed by atoms with E-state index in [2.05, 4.69) is 25.8 Å². The maximum atomic E-state index is 13.8. The molecule has 1 aromatic heterocycles. The smallest absolute Gasteiger partial charge is 0.153 e. The minimum absolute atomic E-state index is 0.0208. The van der Waals surface area contributed by atoms with Crippen LogP contribution in [0.2, 0.25) is 0 Å². The van der Waals surface area contributed by atoms with Crippen molar-refractivity contribution in [1.29, 1.82) is 0 Å². The summed E-state index contributed by atoms with van der Waals surface area (Å²) in [6, 6.07) is 2.18. The predicted octanol–water partition coefficient (Wildman–Crippen LogP) is 4.66. The first-order chi connectivity index (χ1) is 8.75. The van der Waals surface area contributed by atoms with Gasteiger partial charge in [0.05, 0.1) is 11.4 Å². The van der Waals surface area contributed by atoms with Crippen molar-refractivity contribution in [3.8, 4) is 0 Å². The Hall–Kier alpha value is -1.16. The third kappa shape index (κ3) is 2.46. The molecule has 19 heavy (non-hydrogen) atoms. The van der Waals surface area contributed by atoms with E-state index in [0.717, 1.165) is 6.07 Å². The van der Waals surface area contributed by atoms with Crippen LogP contribution in [-0.4, -0.2) is 9.55 Å². The molecular weight excluding hydrogens is 270 g/mol. The molecule has 0 aliphatic carbocycles. The van der Waals surface area contributed by atoms with Gasteiger partial charge in [-0.15, -0.1) is 11.6 Å². The van der Waals surface area contributed by atoms with Crippen LogP contribution in [0.3, 0.4) is 0 Å². The number of halogens is 3. The second kappa shape index (κ2) is 4.75. The third-order valence-corrected chi connectivity index (χ3v) is 3.79. The van der Waals surface area contributed by atoms with Gasteiger partial charge in [-0.2, -0.15) is 0 Å². The summed E-state index contributed by atoms with van der Waals surface area (Å²) in [7, 11) is 0. The number of aromatic nitrogens is 2. The number of hydrogen-bond acceptors (Lipinski definition) is 1. The molecule has 0 aliphatic rings. The number of benzene rings is 1. The molecule has 1 aromatic carbocycles. The van der Waals surface area contributed by atoms with E-state index in [4.69, 9.17) is 11.6 Å². The van der Waals surface area contributed by atoms with Crippen molar-refractivity contribution in [1.82, 2.24) is 9.55 Å². The van der Waals surface area contributed by atoms with E-state index in [9.17, 15) is 8.78 Å². The zero-order valence-electron chi connectivity index (χ0n) is 11.5. The molecule has 0 bridgehead atoms. The summed E-state index contributed by atoms with van der Waals surface area (Å²) in [5, 5.41) is 0. The highest BCUT2D eigenvalue weighted by Gasteiger charge is 2.26. The molecule has 1 heterocycles. The molecule has 5 heteroatoms. The first-order valence-electron chi connectivity index (χ1n) is 6.17. The quantitative estimate of drug-likeness (QED) is 0.734. The van der Waals surface area contributed by atoms with E-state index in [1.807, 2.05) is 11.5 Å². The second-order valence-electron chi connectivity index (χ2n) is 5.83. The van der Waals surface area contributed by atoms with Gasteiger partial charge in [0, 0.05) is 12.1 Å². The Kier molecular flexibility index (Phi) is 3.56. The fourth-order valence-electron chi connectivity index (χ4n) is 2.08. The van der Waals surface area contributed by atoms with Crippen LogP contribution in [0.4, 0.5) is 8.78 Å². The normalized spacial score (nSPS) is 14.1. The standard InChI is InChI=1S/C14H17ClF2N2/c1-8(14(2,3)4)19-11-6-9(16)5-10(17)13(11)18-12(19)7-15/h5-6,8H,7H2,1-4H3. The van der Waals surface area contributed by atoms with Crippen molar-refractivity contribution in [3.05, 3.63) is 29.6 Å². The van der Waals surface area contributed by atoms with Gasteiger partial charge in [0.1, 0.15) is 17.2 Å². The van der Waals surface area contributed by atoms with Crippen molar-refractivity contribution >= 4 is 22.6 Å². The molecule has 0 saturated heterocycles. The summed E-state index contributed by atoms with van der Waals surface area (Å²) >= 11 is 5.89. The molecule has 1 atom stereocenters. The monoisotopic (exact) mass is 286 g/mol. The lowest BCUT2D eigenvalue weighted by Gasteiger charge is -2.30. The lowest BCUT2D eigenvalue weighted by molar-refractivity contribution is 0.263. The largest absolute Gasteiger partial charge is 0.323 e. The van der Waals surface area contributed by atoms with Gasteiger partial charge in [0.15, 0.2) is 5.82 Å². The van der Waals surface area contributed by atoms with E-state index < -0.39 is 11.6 Å². The Labute approximate surface area is 116 Å². The van der Waals surface area contributed by atoms with Crippen molar-refractivity contribution < 1.29 is 8.78 Å². The van der Waals surface area contributed by atoms with E-state index in [-0.39, 0.29) is 22.9 Å². The van der Waals surface area contributed by atoms with E-state index in [1.165, 1.54) is 6.07 Å². The third-order valence-electron chi connectivity index (χ3n) is 3.55. The van der Waals surface area contributed by atoms with Crippen LogP contribution in [-0.2, 0) is 5.88 Å². The van der Waals surface area contributed by atoms with Gasteiger partial charge in [-0.3, -0.25) is 0 Å². The fraction of sp³-hybridized carbons (Fsp3) is 0.500. The van der Waals surface area contributed by atoms with Crippen molar-refractivity contribution in [2.75, 3.05) is 0 Å². The lowest BCUT2D eigenvalue weighted by Crippen LogP contribution is -2.23. The first-order valence-corrected chi connectivity index (χ1v) is 6.71. The molecule has 2 aromatic rings. The molecule has 0 spiro atoms. The molecule has 0 radical (unpaired) electrons. The van der Waals surface area contributed by atoms with Gasteiger partial charge < -0.3 is 4.57 Å². The van der Waals surface area contributed by atoms with Crippen molar-refractivity contribution in [3.63, 3.8) is 0 Å². The van der Waals surface area contributed by atoms with Gasteiger partial charge in [-0.05, 0) is 18.4 Å². The summed E-state index contributed by atoms with van der Waals surface area (Å²) < 4.78 is 29.0. The van der Waals surface area contributed by atoms with Gasteiger partial charge in [0.25, 0.3) is 0 Å². The molecule has 1 unspecified atom stereocenters. The molecule has 0 fully saturated rings. The van der Waals surface area contributed by atoms with E-state index in [0.29, 0.717) is 11.3 Å². The summed E-state index contributed by atoms with van der Waals surface area (Å²) in [5.41, 5.74) is 0.556. The number of alkyl halides is 1. The highest BCUT2D eigenvalue weighted by atomic mass is 35.5. The highest BCUT2D eigenvalue weighted by molar-refractivity contribution is 6.16. The Morgan fingerprint density at radius 2 is 1.95 bits per heavy atom. The van der Waals surface area contributed by atoms with Crippen molar-refractivity contribution in [2.45, 2.75) is 39.6 Å². The molecule has 104 valence electrons. The summed E-state index contributed by atoms with van der Waals surface area (Å²) in [6.07, 6.45) is 0. The molecule has 2 nitrogen and oxygen atoms in total. The minimum atomic E-state index is -0.652. The summed E-state index contributed by atoms with van der Waals surface area (Å²) in [4.78, 5) is 4.20. The Bertz CT molecular complexity index is 614. The maximum absolute atomic E-state index is 13.8. The van der Waals surface area contributed by atoms with Crippen LogP contribution in [0.25, 0.3) is 11.0 Å². The molecule has 0 N–H and O–H groups in total. The van der Waals surface area contributed by atoms with Gasteiger partial charge >= 0.3 is 0 Å². The molecule has 0 amide bonds. The van der Waals surface area contributed by atoms with Gasteiger partial charge in [0.2, 0.25) is 0 Å². The summed E-state index contributed by atoms with van der Waals surface area (Å²) in [5.74, 6) is -0.533. The molecular formula is C14H17ClF2N2. The predicted molar refractivity (Wildman–Crippen MR) is 73.4 cm³/mol. The first kappa shape index (κ1) is 14.3. The van der Waals surface area contributed by atoms with E-state index in [1.54, 1.807) is 0 Å². The zero-order valence-corrected chi connectivity index (χ0v) is 12.2. The number of nitrogens with zero attached hydrogens (tertiary/aromatic N) is 2. The average molecular weight is 287 g/mol. The fourth-order valence-corrected chi connectivity index (χ4v) is 2.27.